The smallest absolute Gasteiger partial charge is 0.307 e. The number of rotatable bonds is 7. The van der Waals surface area contributed by atoms with Gasteiger partial charge in [0.15, 0.2) is 0 Å². The van der Waals surface area contributed by atoms with E-state index in [0.29, 0.717) is 19.5 Å². The summed E-state index contributed by atoms with van der Waals surface area (Å²) in [6, 6.07) is 7.92. The summed E-state index contributed by atoms with van der Waals surface area (Å²) in [7, 11) is 0. The van der Waals surface area contributed by atoms with Crippen molar-refractivity contribution in [3.8, 4) is 0 Å². The minimum absolute atomic E-state index is 0.0127. The maximum Gasteiger partial charge on any atom is 0.307 e. The number of carbonyl (C=O) groups excluding carboxylic acids is 1. The van der Waals surface area contributed by atoms with Gasteiger partial charge in [-0.2, -0.15) is 0 Å². The number of hydrogen-bond acceptors (Lipinski definition) is 4. The molecule has 1 N–H and O–H groups in total. The number of aryl methyl sites for hydroxylation is 1. The van der Waals surface area contributed by atoms with Gasteiger partial charge in [0.1, 0.15) is 0 Å². The molecule has 0 bridgehead atoms. The van der Waals surface area contributed by atoms with Gasteiger partial charge >= 0.3 is 4.87 Å². The molecule has 1 aromatic heterocycles. The third kappa shape index (κ3) is 4.55. The second kappa shape index (κ2) is 8.84. The van der Waals surface area contributed by atoms with Crippen molar-refractivity contribution in [2.24, 2.45) is 0 Å². The van der Waals surface area contributed by atoms with Crippen molar-refractivity contribution in [1.82, 2.24) is 14.8 Å². The number of benzene rings is 1. The van der Waals surface area contributed by atoms with Crippen LogP contribution in [0.5, 0.6) is 0 Å². The van der Waals surface area contributed by atoms with E-state index in [4.69, 9.17) is 11.6 Å². The summed E-state index contributed by atoms with van der Waals surface area (Å²) in [5, 5.41) is 5.59. The van der Waals surface area contributed by atoms with E-state index in [1.54, 1.807) is 4.57 Å². The van der Waals surface area contributed by atoms with Crippen molar-refractivity contribution in [2.45, 2.75) is 38.8 Å². The molecule has 0 radical (unpaired) electrons. The average molecular weight is 394 g/mol. The Bertz CT molecular complexity index is 811. The summed E-state index contributed by atoms with van der Waals surface area (Å²) in [5.74, 6) is -0.0428. The van der Waals surface area contributed by atoms with Crippen LogP contribution in [0.4, 0.5) is 0 Å². The van der Waals surface area contributed by atoms with Crippen LogP contribution in [0, 0.1) is 6.92 Å². The van der Waals surface area contributed by atoms with Gasteiger partial charge in [-0.05, 0) is 44.5 Å². The van der Waals surface area contributed by atoms with Crippen LogP contribution < -0.4 is 10.2 Å². The van der Waals surface area contributed by atoms with E-state index in [2.05, 4.69) is 10.2 Å². The zero-order chi connectivity index (χ0) is 18.5. The number of thiazole rings is 1. The Kier molecular flexibility index (Phi) is 6.51. The lowest BCUT2D eigenvalue weighted by Crippen LogP contribution is -2.37. The molecule has 1 fully saturated rings. The molecule has 2 aromatic rings. The highest BCUT2D eigenvalue weighted by molar-refractivity contribution is 7.07. The molecule has 1 aliphatic rings. The highest BCUT2D eigenvalue weighted by Crippen LogP contribution is 2.29. The quantitative estimate of drug-likeness (QED) is 0.785. The van der Waals surface area contributed by atoms with E-state index in [-0.39, 0.29) is 16.8 Å². The lowest BCUT2D eigenvalue weighted by molar-refractivity contribution is -0.121. The predicted molar refractivity (Wildman–Crippen MR) is 106 cm³/mol. The lowest BCUT2D eigenvalue weighted by Gasteiger charge is -2.29. The number of nitrogens with one attached hydrogen (secondary N) is 1. The topological polar surface area (TPSA) is 54.3 Å². The van der Waals surface area contributed by atoms with Gasteiger partial charge in [0, 0.05) is 35.6 Å². The summed E-state index contributed by atoms with van der Waals surface area (Å²) in [5.41, 5.74) is 1.96. The highest BCUT2D eigenvalue weighted by Gasteiger charge is 2.25. The first-order chi connectivity index (χ1) is 12.6. The normalized spacial score (nSPS) is 15.9. The van der Waals surface area contributed by atoms with Crippen LogP contribution >= 0.6 is 22.9 Å². The Morgan fingerprint density at radius 3 is 2.69 bits per heavy atom. The fourth-order valence-corrected chi connectivity index (χ4v) is 4.44. The molecule has 26 heavy (non-hydrogen) atoms. The Hall–Kier alpha value is -1.63. The maximum absolute atomic E-state index is 12.3. The van der Waals surface area contributed by atoms with Crippen LogP contribution in [0.15, 0.2) is 34.4 Å². The Morgan fingerprint density at radius 2 is 2.04 bits per heavy atom. The van der Waals surface area contributed by atoms with Gasteiger partial charge < -0.3 is 9.88 Å². The lowest BCUT2D eigenvalue weighted by atomic mass is 10.1. The third-order valence-corrected chi connectivity index (χ3v) is 6.10. The molecule has 0 unspecified atom stereocenters. The van der Waals surface area contributed by atoms with Crippen LogP contribution in [0.2, 0.25) is 5.02 Å². The van der Waals surface area contributed by atoms with Gasteiger partial charge in [-0.1, -0.05) is 41.1 Å². The Balaban J connectivity index is 1.61. The summed E-state index contributed by atoms with van der Waals surface area (Å²) in [6.45, 7) is 4.88. The Morgan fingerprint density at radius 1 is 1.31 bits per heavy atom. The number of nitrogens with zero attached hydrogens (tertiary/aromatic N) is 2. The van der Waals surface area contributed by atoms with Gasteiger partial charge in [-0.15, -0.1) is 0 Å². The van der Waals surface area contributed by atoms with Crippen LogP contribution in [0.3, 0.4) is 0 Å². The molecule has 2 heterocycles. The van der Waals surface area contributed by atoms with Crippen LogP contribution in [-0.4, -0.2) is 35.0 Å². The number of halogens is 1. The van der Waals surface area contributed by atoms with Crippen molar-refractivity contribution in [3.63, 3.8) is 0 Å². The molecule has 1 atom stereocenters. The van der Waals surface area contributed by atoms with E-state index < -0.39 is 0 Å². The number of carbonyl (C=O) groups is 1. The maximum atomic E-state index is 12.3. The predicted octanol–water partition coefficient (Wildman–Crippen LogP) is 3.22. The Labute approximate surface area is 162 Å². The highest BCUT2D eigenvalue weighted by atomic mass is 35.5. The first-order valence-electron chi connectivity index (χ1n) is 8.96. The minimum Gasteiger partial charge on any atom is -0.354 e. The van der Waals surface area contributed by atoms with E-state index in [9.17, 15) is 9.59 Å². The molecule has 0 saturated carbocycles. The van der Waals surface area contributed by atoms with Crippen LogP contribution in [0.25, 0.3) is 0 Å². The second-order valence-electron chi connectivity index (χ2n) is 6.63. The fourth-order valence-electron chi connectivity index (χ4n) is 3.42. The molecule has 0 spiro atoms. The molecule has 140 valence electrons. The minimum atomic E-state index is -0.0428. The van der Waals surface area contributed by atoms with Crippen molar-refractivity contribution in [2.75, 3.05) is 19.6 Å². The molecule has 5 nitrogen and oxygen atoms in total. The van der Waals surface area contributed by atoms with Crippen LogP contribution in [-0.2, 0) is 11.3 Å². The zero-order valence-corrected chi connectivity index (χ0v) is 16.5. The number of amides is 1. The largest absolute Gasteiger partial charge is 0.354 e. The standard InChI is InChI=1S/C19H24ClN3O2S/c1-14-13-26-19(25)23(14)11-8-18(24)21-12-17(22-9-4-5-10-22)15-6-2-3-7-16(15)20/h2-3,6-7,13,17H,4-5,8-12H2,1H3,(H,21,24)/t17-/m1/s1. The van der Waals surface area contributed by atoms with E-state index in [1.165, 1.54) is 24.2 Å². The molecule has 1 amide bonds. The number of aromatic nitrogens is 1. The van der Waals surface area contributed by atoms with Crippen molar-refractivity contribution in [3.05, 3.63) is 55.6 Å². The van der Waals surface area contributed by atoms with Gasteiger partial charge in [0.25, 0.3) is 0 Å². The van der Waals surface area contributed by atoms with Gasteiger partial charge in [-0.25, -0.2) is 0 Å². The summed E-state index contributed by atoms with van der Waals surface area (Å²) >= 11 is 7.57. The van der Waals surface area contributed by atoms with Crippen molar-refractivity contribution < 1.29 is 4.79 Å². The van der Waals surface area contributed by atoms with Gasteiger partial charge in [0.2, 0.25) is 5.91 Å². The van der Waals surface area contributed by atoms with Crippen LogP contribution in [0.1, 0.15) is 36.6 Å². The first-order valence-corrected chi connectivity index (χ1v) is 10.2. The molecule has 0 aliphatic carbocycles. The van der Waals surface area contributed by atoms with Gasteiger partial charge in [-0.3, -0.25) is 14.5 Å². The molecular weight excluding hydrogens is 370 g/mol. The molecule has 1 aliphatic heterocycles. The average Bonchev–Trinajstić information content (AvgIpc) is 3.26. The van der Waals surface area contributed by atoms with Gasteiger partial charge in [0.05, 0.1) is 6.04 Å². The van der Waals surface area contributed by atoms with Crippen molar-refractivity contribution in [1.29, 1.82) is 0 Å². The summed E-state index contributed by atoms with van der Waals surface area (Å²) in [4.78, 5) is 26.4. The SMILES string of the molecule is Cc1csc(=O)n1CCC(=O)NC[C@H](c1ccccc1Cl)N1CCCC1. The number of likely N-dealkylation sites (tertiary alicyclic amines) is 1. The zero-order valence-electron chi connectivity index (χ0n) is 14.9. The fraction of sp³-hybridized carbons (Fsp3) is 0.474. The number of hydrogen-bond donors (Lipinski definition) is 1. The second-order valence-corrected chi connectivity index (χ2v) is 7.86. The molecule has 7 heteroatoms. The molecular formula is C19H24ClN3O2S. The van der Waals surface area contributed by atoms with E-state index >= 15 is 0 Å². The van der Waals surface area contributed by atoms with E-state index in [0.717, 1.165) is 29.4 Å². The summed E-state index contributed by atoms with van der Waals surface area (Å²) in [6.07, 6.45) is 2.65. The monoisotopic (exact) mass is 393 g/mol. The molecule has 1 aromatic carbocycles. The first kappa shape index (κ1) is 19.1. The molecule has 3 rings (SSSR count). The third-order valence-electron chi connectivity index (χ3n) is 4.88. The van der Waals surface area contributed by atoms with E-state index in [1.807, 2.05) is 36.6 Å². The van der Waals surface area contributed by atoms with Crippen molar-refractivity contribution >= 4 is 28.8 Å². The molecule has 1 saturated heterocycles. The summed E-state index contributed by atoms with van der Waals surface area (Å²) < 4.78 is 1.65.